The summed E-state index contributed by atoms with van der Waals surface area (Å²) in [5, 5.41) is 2.17. The van der Waals surface area contributed by atoms with E-state index in [1.807, 2.05) is 0 Å². The summed E-state index contributed by atoms with van der Waals surface area (Å²) in [7, 11) is 0. The van der Waals surface area contributed by atoms with Crippen LogP contribution in [-0.4, -0.2) is 0 Å². The first-order valence-electron chi connectivity index (χ1n) is 19.6. The van der Waals surface area contributed by atoms with Gasteiger partial charge in [0.05, 0.1) is 16.5 Å². The summed E-state index contributed by atoms with van der Waals surface area (Å²) in [4.78, 5) is 2.42. The Morgan fingerprint density at radius 1 is 0.351 bits per heavy atom. The average molecular weight is 728 g/mol. The predicted molar refractivity (Wildman–Crippen MR) is 237 cm³/mol. The van der Waals surface area contributed by atoms with E-state index in [1.165, 1.54) is 50.1 Å². The molecule has 2 heteroatoms. The molecule has 1 aromatic heterocycles. The lowest BCUT2D eigenvalue weighted by molar-refractivity contribution is 0.665. The monoisotopic (exact) mass is 727 g/mol. The zero-order valence-electron chi connectivity index (χ0n) is 31.2. The molecule has 1 aliphatic rings. The normalized spacial score (nSPS) is 12.7. The van der Waals surface area contributed by atoms with Gasteiger partial charge in [-0.1, -0.05) is 182 Å². The van der Waals surface area contributed by atoms with Gasteiger partial charge in [-0.25, -0.2) is 0 Å². The largest absolute Gasteiger partial charge is 0.456 e. The number of hydrogen-bond donors (Lipinski definition) is 0. The highest BCUT2D eigenvalue weighted by molar-refractivity contribution is 6.14. The lowest BCUT2D eigenvalue weighted by Gasteiger charge is -2.35. The van der Waals surface area contributed by atoms with Gasteiger partial charge in [0.25, 0.3) is 0 Å². The number of para-hydroxylation sites is 1. The quantitative estimate of drug-likeness (QED) is 0.163. The molecule has 9 aromatic carbocycles. The fourth-order valence-electron chi connectivity index (χ4n) is 9.23. The predicted octanol–water partition coefficient (Wildman–Crippen LogP) is 14.8. The van der Waals surface area contributed by atoms with Crippen LogP contribution in [0.25, 0.3) is 55.3 Å². The van der Waals surface area contributed by atoms with E-state index in [2.05, 4.69) is 229 Å². The first kappa shape index (κ1) is 33.0. The summed E-state index contributed by atoms with van der Waals surface area (Å²) in [6.07, 6.45) is 0. The molecule has 0 bridgehead atoms. The van der Waals surface area contributed by atoms with Gasteiger partial charge in [0.1, 0.15) is 11.2 Å². The van der Waals surface area contributed by atoms with Crippen molar-refractivity contribution in [3.8, 4) is 33.4 Å². The fraction of sp³-hybridized carbons (Fsp3) is 0.0182. The smallest absolute Gasteiger partial charge is 0.137 e. The van der Waals surface area contributed by atoms with Gasteiger partial charge in [-0.15, -0.1) is 0 Å². The third-order valence-electron chi connectivity index (χ3n) is 11.8. The summed E-state index contributed by atoms with van der Waals surface area (Å²) in [6.45, 7) is 0. The van der Waals surface area contributed by atoms with Crippen LogP contribution in [0.1, 0.15) is 22.3 Å². The zero-order valence-corrected chi connectivity index (χ0v) is 31.2. The van der Waals surface area contributed by atoms with Crippen LogP contribution in [0.2, 0.25) is 0 Å². The van der Waals surface area contributed by atoms with E-state index < -0.39 is 5.41 Å². The third kappa shape index (κ3) is 5.26. The van der Waals surface area contributed by atoms with Gasteiger partial charge in [-0.3, -0.25) is 0 Å². The van der Waals surface area contributed by atoms with E-state index in [0.29, 0.717) is 0 Å². The molecule has 0 saturated carbocycles. The number of benzene rings is 9. The molecule has 0 atom stereocenters. The highest BCUT2D eigenvalue weighted by atomic mass is 16.3. The zero-order chi connectivity index (χ0) is 37.8. The summed E-state index contributed by atoms with van der Waals surface area (Å²) < 4.78 is 6.90. The van der Waals surface area contributed by atoms with Crippen LogP contribution in [0, 0.1) is 0 Å². The summed E-state index contributed by atoms with van der Waals surface area (Å²) >= 11 is 0. The molecule has 2 nitrogen and oxygen atoms in total. The minimum atomic E-state index is -0.601. The van der Waals surface area contributed by atoms with Crippen molar-refractivity contribution in [1.82, 2.24) is 0 Å². The Labute approximate surface area is 332 Å². The minimum Gasteiger partial charge on any atom is -0.456 e. The number of anilines is 3. The van der Waals surface area contributed by atoms with Crippen molar-refractivity contribution in [3.05, 3.63) is 247 Å². The van der Waals surface area contributed by atoms with Gasteiger partial charge in [0.15, 0.2) is 0 Å². The van der Waals surface area contributed by atoms with E-state index in [4.69, 9.17) is 4.42 Å². The van der Waals surface area contributed by atoms with Crippen molar-refractivity contribution in [2.45, 2.75) is 5.41 Å². The third-order valence-corrected chi connectivity index (χ3v) is 11.8. The molecule has 11 rings (SSSR count). The van der Waals surface area contributed by atoms with E-state index in [-0.39, 0.29) is 0 Å². The van der Waals surface area contributed by atoms with Crippen LogP contribution in [-0.2, 0) is 5.41 Å². The molecular formula is C55H37NO. The number of hydrogen-bond acceptors (Lipinski definition) is 2. The molecule has 0 amide bonds. The average Bonchev–Trinajstić information content (AvgIpc) is 3.82. The van der Waals surface area contributed by atoms with E-state index in [0.717, 1.165) is 44.6 Å². The van der Waals surface area contributed by atoms with Crippen LogP contribution in [0.3, 0.4) is 0 Å². The van der Waals surface area contributed by atoms with Crippen LogP contribution >= 0.6 is 0 Å². The minimum absolute atomic E-state index is 0.601. The second kappa shape index (κ2) is 13.4. The van der Waals surface area contributed by atoms with Gasteiger partial charge in [-0.2, -0.15) is 0 Å². The number of fused-ring (bicyclic) bond motifs is 6. The molecule has 0 spiro atoms. The molecule has 1 aliphatic carbocycles. The lowest BCUT2D eigenvalue weighted by atomic mass is 9.67. The molecule has 10 aromatic rings. The first-order chi connectivity index (χ1) is 28.3. The van der Waals surface area contributed by atoms with Crippen molar-refractivity contribution in [1.29, 1.82) is 0 Å². The molecule has 0 fully saturated rings. The standard InChI is InChI=1S/C55H37NO/c1-4-16-38(17-5-1)40-28-32-44(33-29-40)56(45-34-30-41(31-35-45)39-18-6-2-7-19-39)51-36-43(37-53-54(51)48-24-12-15-27-52(48)57-53)55(42-20-8-3-9-21-42)49-25-13-10-22-46(49)47-23-11-14-26-50(47)55/h1-37H. The molecule has 57 heavy (non-hydrogen) atoms. The second-order valence-electron chi connectivity index (χ2n) is 14.8. The van der Waals surface area contributed by atoms with Crippen LogP contribution in [0.4, 0.5) is 17.1 Å². The van der Waals surface area contributed by atoms with Gasteiger partial charge in [0, 0.05) is 16.8 Å². The van der Waals surface area contributed by atoms with Crippen LogP contribution in [0.15, 0.2) is 229 Å². The maximum absolute atomic E-state index is 6.90. The highest BCUT2D eigenvalue weighted by Crippen LogP contribution is 2.58. The van der Waals surface area contributed by atoms with Crippen molar-refractivity contribution in [2.24, 2.45) is 0 Å². The van der Waals surface area contributed by atoms with Crippen LogP contribution < -0.4 is 4.90 Å². The number of nitrogens with zero attached hydrogens (tertiary/aromatic N) is 1. The molecule has 0 N–H and O–H groups in total. The Kier molecular flexibility index (Phi) is 7.75. The Bertz CT molecular complexity index is 2910. The maximum atomic E-state index is 6.90. The topological polar surface area (TPSA) is 16.4 Å². The van der Waals surface area contributed by atoms with Gasteiger partial charge in [0.2, 0.25) is 0 Å². The van der Waals surface area contributed by atoms with Gasteiger partial charge in [-0.05, 0) is 98.1 Å². The summed E-state index contributed by atoms with van der Waals surface area (Å²) in [5.41, 5.74) is 16.5. The first-order valence-corrected chi connectivity index (χ1v) is 19.6. The molecule has 0 aliphatic heterocycles. The van der Waals surface area contributed by atoms with Crippen molar-refractivity contribution >= 4 is 39.0 Å². The Morgan fingerprint density at radius 3 is 1.37 bits per heavy atom. The summed E-state index contributed by atoms with van der Waals surface area (Å²) in [6, 6.07) is 81.1. The van der Waals surface area contributed by atoms with Crippen LogP contribution in [0.5, 0.6) is 0 Å². The second-order valence-corrected chi connectivity index (χ2v) is 14.8. The molecular weight excluding hydrogens is 691 g/mol. The molecule has 0 saturated heterocycles. The van der Waals surface area contributed by atoms with E-state index in [9.17, 15) is 0 Å². The lowest BCUT2D eigenvalue weighted by Crippen LogP contribution is -2.29. The van der Waals surface area contributed by atoms with Gasteiger partial charge < -0.3 is 9.32 Å². The molecule has 268 valence electrons. The number of furan rings is 1. The molecule has 0 radical (unpaired) electrons. The summed E-state index contributed by atoms with van der Waals surface area (Å²) in [5.74, 6) is 0. The van der Waals surface area contributed by atoms with Crippen molar-refractivity contribution < 1.29 is 4.42 Å². The van der Waals surface area contributed by atoms with Crippen molar-refractivity contribution in [3.63, 3.8) is 0 Å². The maximum Gasteiger partial charge on any atom is 0.137 e. The van der Waals surface area contributed by atoms with Gasteiger partial charge >= 0.3 is 0 Å². The Morgan fingerprint density at radius 2 is 0.807 bits per heavy atom. The highest BCUT2D eigenvalue weighted by Gasteiger charge is 2.46. The molecule has 0 unspecified atom stereocenters. The van der Waals surface area contributed by atoms with E-state index >= 15 is 0 Å². The van der Waals surface area contributed by atoms with Crippen molar-refractivity contribution in [2.75, 3.05) is 4.90 Å². The molecule has 1 heterocycles. The fourth-order valence-corrected chi connectivity index (χ4v) is 9.23. The SMILES string of the molecule is c1ccc(-c2ccc(N(c3ccc(-c4ccccc4)cc3)c3cc(C4(c5ccccc5)c5ccccc5-c5ccccc54)cc4oc5ccccc5c34)cc2)cc1. The van der Waals surface area contributed by atoms with E-state index in [1.54, 1.807) is 0 Å². The Balaban J connectivity index is 1.22. The Hall–Kier alpha value is -7.42. The number of rotatable bonds is 7.